The largest absolute Gasteiger partial charge is 0.289 e. The van der Waals surface area contributed by atoms with Crippen LogP contribution >= 0.6 is 0 Å². The zero-order valence-electron chi connectivity index (χ0n) is 11.3. The summed E-state index contributed by atoms with van der Waals surface area (Å²) >= 11 is 0. The average molecular weight is 249 g/mol. The molecule has 0 amide bonds. The minimum atomic E-state index is 0.591. The van der Waals surface area contributed by atoms with Gasteiger partial charge in [0.05, 0.1) is 0 Å². The van der Waals surface area contributed by atoms with Crippen LogP contribution in [0.5, 0.6) is 0 Å². The summed E-state index contributed by atoms with van der Waals surface area (Å²) in [6.07, 6.45) is 2.29. The maximum Gasteiger partial charge on any atom is 0.0461 e. The molecule has 3 rings (SSSR count). The molecular weight excluding hydrogens is 230 g/mol. The van der Waals surface area contributed by atoms with Gasteiger partial charge in [-0.05, 0) is 30.9 Å². The Morgan fingerprint density at radius 2 is 1.68 bits per heavy atom. The monoisotopic (exact) mass is 249 g/mol. The van der Waals surface area contributed by atoms with Crippen LogP contribution in [0.2, 0.25) is 0 Å². The van der Waals surface area contributed by atoms with Gasteiger partial charge in [-0.1, -0.05) is 60.2 Å². The van der Waals surface area contributed by atoms with Gasteiger partial charge in [0.1, 0.15) is 0 Å². The molecule has 0 fully saturated rings. The van der Waals surface area contributed by atoms with Gasteiger partial charge < -0.3 is 0 Å². The van der Waals surface area contributed by atoms with Gasteiger partial charge in [0.15, 0.2) is 0 Å². The summed E-state index contributed by atoms with van der Waals surface area (Å²) in [5, 5.41) is 0. The highest BCUT2D eigenvalue weighted by Crippen LogP contribution is 2.27. The van der Waals surface area contributed by atoms with E-state index >= 15 is 0 Å². The highest BCUT2D eigenvalue weighted by molar-refractivity contribution is 6.00. The van der Waals surface area contributed by atoms with Gasteiger partial charge in [0.25, 0.3) is 0 Å². The molecule has 2 aromatic rings. The number of benzene rings is 2. The Hall–Kier alpha value is -1.89. The molecule has 0 radical (unpaired) electrons. The van der Waals surface area contributed by atoms with E-state index in [9.17, 15) is 0 Å². The van der Waals surface area contributed by atoms with E-state index < -0.39 is 0 Å². The average Bonchev–Trinajstić information content (AvgIpc) is 2.49. The van der Waals surface area contributed by atoms with Crippen LogP contribution in [0.15, 0.2) is 59.6 Å². The molecule has 1 heteroatoms. The van der Waals surface area contributed by atoms with Crippen LogP contribution in [-0.2, 0) is 0 Å². The first-order valence-corrected chi connectivity index (χ1v) is 6.98. The third-order valence-corrected chi connectivity index (χ3v) is 3.89. The van der Waals surface area contributed by atoms with E-state index in [4.69, 9.17) is 4.99 Å². The zero-order valence-corrected chi connectivity index (χ0v) is 11.3. The Kier molecular flexibility index (Phi) is 3.45. The quantitative estimate of drug-likeness (QED) is 0.749. The molecule has 1 aliphatic heterocycles. The van der Waals surface area contributed by atoms with Crippen molar-refractivity contribution < 1.29 is 0 Å². The molecule has 1 aliphatic rings. The molecule has 1 atom stereocenters. The van der Waals surface area contributed by atoms with Crippen molar-refractivity contribution in [2.75, 3.05) is 6.54 Å². The second-order valence-electron chi connectivity index (χ2n) is 5.30. The molecule has 0 aliphatic carbocycles. The van der Waals surface area contributed by atoms with Crippen LogP contribution in [0.3, 0.4) is 0 Å². The summed E-state index contributed by atoms with van der Waals surface area (Å²) in [7, 11) is 0. The summed E-state index contributed by atoms with van der Waals surface area (Å²) in [6.45, 7) is 3.06. The number of nitrogens with zero attached hydrogens (tertiary/aromatic N) is 1. The maximum atomic E-state index is 4.80. The fourth-order valence-electron chi connectivity index (χ4n) is 2.68. The van der Waals surface area contributed by atoms with Gasteiger partial charge in [0, 0.05) is 18.2 Å². The summed E-state index contributed by atoms with van der Waals surface area (Å²) in [5.74, 6) is 0.591. The van der Waals surface area contributed by atoms with Crippen LogP contribution in [0.4, 0.5) is 0 Å². The summed E-state index contributed by atoms with van der Waals surface area (Å²) in [5.41, 5.74) is 5.31. The van der Waals surface area contributed by atoms with Gasteiger partial charge in [0.2, 0.25) is 0 Å². The number of aryl methyl sites for hydroxylation is 1. The molecule has 1 unspecified atom stereocenters. The second kappa shape index (κ2) is 5.40. The minimum absolute atomic E-state index is 0.591. The fraction of sp³-hybridized carbons (Fsp3) is 0.278. The maximum absolute atomic E-state index is 4.80. The molecule has 0 saturated carbocycles. The SMILES string of the molecule is Cc1ccc(C2CCC(c3ccccc3)=NC2)cc1. The predicted molar refractivity (Wildman–Crippen MR) is 81.0 cm³/mol. The predicted octanol–water partition coefficient (Wildman–Crippen LogP) is 4.36. The van der Waals surface area contributed by atoms with Gasteiger partial charge in [-0.2, -0.15) is 0 Å². The molecule has 1 heterocycles. The van der Waals surface area contributed by atoms with E-state index in [-0.39, 0.29) is 0 Å². The Balaban J connectivity index is 1.75. The third-order valence-electron chi connectivity index (χ3n) is 3.89. The first kappa shape index (κ1) is 12.2. The lowest BCUT2D eigenvalue weighted by molar-refractivity contribution is 0.627. The molecule has 19 heavy (non-hydrogen) atoms. The van der Waals surface area contributed by atoms with Crippen molar-refractivity contribution in [1.82, 2.24) is 0 Å². The van der Waals surface area contributed by atoms with Crippen LogP contribution in [0.1, 0.15) is 35.4 Å². The van der Waals surface area contributed by atoms with Gasteiger partial charge >= 0.3 is 0 Å². The third kappa shape index (κ3) is 2.76. The molecule has 0 bridgehead atoms. The van der Waals surface area contributed by atoms with Crippen molar-refractivity contribution >= 4 is 5.71 Å². The first-order valence-electron chi connectivity index (χ1n) is 6.98. The molecular formula is C18H19N. The minimum Gasteiger partial charge on any atom is -0.289 e. The van der Waals surface area contributed by atoms with E-state index in [0.717, 1.165) is 13.0 Å². The molecule has 1 nitrogen and oxygen atoms in total. The Morgan fingerprint density at radius 1 is 0.947 bits per heavy atom. The topological polar surface area (TPSA) is 12.4 Å². The zero-order chi connectivity index (χ0) is 13.1. The number of rotatable bonds is 2. The number of hydrogen-bond donors (Lipinski definition) is 0. The highest BCUT2D eigenvalue weighted by atomic mass is 14.8. The highest BCUT2D eigenvalue weighted by Gasteiger charge is 2.17. The Bertz CT molecular complexity index is 566. The van der Waals surface area contributed by atoms with Crippen LogP contribution in [0, 0.1) is 6.92 Å². The van der Waals surface area contributed by atoms with E-state index in [1.54, 1.807) is 0 Å². The first-order chi connectivity index (χ1) is 9.33. The van der Waals surface area contributed by atoms with Gasteiger partial charge in [-0.25, -0.2) is 0 Å². The molecule has 0 aromatic heterocycles. The lowest BCUT2D eigenvalue weighted by Crippen LogP contribution is -2.15. The Labute approximate surface area is 115 Å². The van der Waals surface area contributed by atoms with Gasteiger partial charge in [-0.3, -0.25) is 4.99 Å². The number of aliphatic imine (C=N–C) groups is 1. The molecule has 0 saturated heterocycles. The molecule has 0 N–H and O–H groups in total. The van der Waals surface area contributed by atoms with E-state index in [2.05, 4.69) is 61.5 Å². The van der Waals surface area contributed by atoms with Crippen LogP contribution in [0.25, 0.3) is 0 Å². The fourth-order valence-corrected chi connectivity index (χ4v) is 2.68. The molecule has 0 spiro atoms. The van der Waals surface area contributed by atoms with Crippen molar-refractivity contribution in [1.29, 1.82) is 0 Å². The van der Waals surface area contributed by atoms with Crippen molar-refractivity contribution in [3.63, 3.8) is 0 Å². The van der Waals surface area contributed by atoms with Crippen molar-refractivity contribution in [3.05, 3.63) is 71.3 Å². The van der Waals surface area contributed by atoms with Gasteiger partial charge in [-0.15, -0.1) is 0 Å². The van der Waals surface area contributed by atoms with Crippen molar-refractivity contribution in [2.45, 2.75) is 25.7 Å². The summed E-state index contributed by atoms with van der Waals surface area (Å²) < 4.78 is 0. The lowest BCUT2D eigenvalue weighted by Gasteiger charge is -2.22. The van der Waals surface area contributed by atoms with E-state index in [1.165, 1.54) is 28.8 Å². The standard InChI is InChI=1S/C18H19N/c1-14-7-9-15(10-8-14)17-11-12-18(19-13-17)16-5-3-2-4-6-16/h2-10,17H,11-13H2,1H3. The Morgan fingerprint density at radius 3 is 2.32 bits per heavy atom. The smallest absolute Gasteiger partial charge is 0.0461 e. The molecule has 96 valence electrons. The van der Waals surface area contributed by atoms with Crippen molar-refractivity contribution in [2.24, 2.45) is 4.99 Å². The lowest BCUT2D eigenvalue weighted by atomic mass is 9.89. The normalized spacial score (nSPS) is 19.0. The number of hydrogen-bond acceptors (Lipinski definition) is 1. The van der Waals surface area contributed by atoms with Crippen LogP contribution < -0.4 is 0 Å². The molecule has 2 aromatic carbocycles. The van der Waals surface area contributed by atoms with E-state index in [1.807, 2.05) is 0 Å². The van der Waals surface area contributed by atoms with E-state index in [0.29, 0.717) is 5.92 Å². The summed E-state index contributed by atoms with van der Waals surface area (Å²) in [4.78, 5) is 4.80. The van der Waals surface area contributed by atoms with Crippen LogP contribution in [-0.4, -0.2) is 12.3 Å². The summed E-state index contributed by atoms with van der Waals surface area (Å²) in [6, 6.07) is 19.5. The second-order valence-corrected chi connectivity index (χ2v) is 5.30. The van der Waals surface area contributed by atoms with Crippen molar-refractivity contribution in [3.8, 4) is 0 Å².